The molecule has 1 aromatic carbocycles. The Morgan fingerprint density at radius 3 is 2.62 bits per heavy atom. The SMILES string of the molecule is O=C(NCc1ccccn1)c1cc(Nc2cccc(F)c2)ccn1. The highest BCUT2D eigenvalue weighted by Crippen LogP contribution is 2.17. The van der Waals surface area contributed by atoms with E-state index in [0.717, 1.165) is 5.69 Å². The first-order valence-corrected chi connectivity index (χ1v) is 7.37. The van der Waals surface area contributed by atoms with E-state index in [4.69, 9.17) is 0 Å². The normalized spacial score (nSPS) is 10.2. The molecule has 24 heavy (non-hydrogen) atoms. The second-order valence-corrected chi connectivity index (χ2v) is 5.07. The minimum absolute atomic E-state index is 0.271. The van der Waals surface area contributed by atoms with Crippen molar-refractivity contribution in [3.05, 3.63) is 84.2 Å². The Labute approximate surface area is 138 Å². The lowest BCUT2D eigenvalue weighted by Crippen LogP contribution is -2.24. The van der Waals surface area contributed by atoms with Crippen LogP contribution in [0.2, 0.25) is 0 Å². The molecule has 0 saturated carbocycles. The van der Waals surface area contributed by atoms with Gasteiger partial charge in [-0.3, -0.25) is 14.8 Å². The summed E-state index contributed by atoms with van der Waals surface area (Å²) in [6.07, 6.45) is 3.20. The van der Waals surface area contributed by atoms with Gasteiger partial charge in [0.05, 0.1) is 12.2 Å². The molecular formula is C18H15FN4O. The Balaban J connectivity index is 1.67. The van der Waals surface area contributed by atoms with Crippen LogP contribution in [0.5, 0.6) is 0 Å². The van der Waals surface area contributed by atoms with Crippen LogP contribution in [-0.2, 0) is 6.54 Å². The van der Waals surface area contributed by atoms with E-state index >= 15 is 0 Å². The zero-order valence-electron chi connectivity index (χ0n) is 12.7. The molecule has 0 radical (unpaired) electrons. The summed E-state index contributed by atoms with van der Waals surface area (Å²) in [5.74, 6) is -0.633. The summed E-state index contributed by atoms with van der Waals surface area (Å²) < 4.78 is 13.2. The predicted octanol–water partition coefficient (Wildman–Crippen LogP) is 3.29. The summed E-state index contributed by atoms with van der Waals surface area (Å²) >= 11 is 0. The molecule has 0 atom stereocenters. The third-order valence-electron chi connectivity index (χ3n) is 3.26. The highest BCUT2D eigenvalue weighted by molar-refractivity contribution is 5.93. The lowest BCUT2D eigenvalue weighted by atomic mass is 10.2. The summed E-state index contributed by atoms with van der Waals surface area (Å²) in [6.45, 7) is 0.322. The highest BCUT2D eigenvalue weighted by Gasteiger charge is 2.08. The number of carbonyl (C=O) groups is 1. The third kappa shape index (κ3) is 4.13. The zero-order chi connectivity index (χ0) is 16.8. The number of nitrogens with zero attached hydrogens (tertiary/aromatic N) is 2. The molecule has 3 rings (SSSR count). The fraction of sp³-hybridized carbons (Fsp3) is 0.0556. The smallest absolute Gasteiger partial charge is 0.270 e. The molecule has 0 aliphatic rings. The quantitative estimate of drug-likeness (QED) is 0.756. The molecule has 0 bridgehead atoms. The van der Waals surface area contributed by atoms with Crippen LogP contribution in [-0.4, -0.2) is 15.9 Å². The monoisotopic (exact) mass is 322 g/mol. The summed E-state index contributed by atoms with van der Waals surface area (Å²) in [5, 5.41) is 5.81. The van der Waals surface area contributed by atoms with Crippen molar-refractivity contribution in [2.45, 2.75) is 6.54 Å². The minimum Gasteiger partial charge on any atom is -0.355 e. The van der Waals surface area contributed by atoms with Gasteiger partial charge in [-0.15, -0.1) is 0 Å². The Morgan fingerprint density at radius 2 is 1.83 bits per heavy atom. The number of pyridine rings is 2. The van der Waals surface area contributed by atoms with E-state index < -0.39 is 0 Å². The molecular weight excluding hydrogens is 307 g/mol. The first-order valence-electron chi connectivity index (χ1n) is 7.37. The van der Waals surface area contributed by atoms with Crippen molar-refractivity contribution in [1.29, 1.82) is 0 Å². The topological polar surface area (TPSA) is 66.9 Å². The number of anilines is 2. The van der Waals surface area contributed by atoms with Crippen molar-refractivity contribution >= 4 is 17.3 Å². The van der Waals surface area contributed by atoms with E-state index in [1.165, 1.54) is 18.3 Å². The molecule has 0 aliphatic carbocycles. The van der Waals surface area contributed by atoms with Gasteiger partial charge < -0.3 is 10.6 Å². The van der Waals surface area contributed by atoms with E-state index in [9.17, 15) is 9.18 Å². The number of hydrogen-bond acceptors (Lipinski definition) is 4. The average Bonchev–Trinajstić information content (AvgIpc) is 2.61. The molecule has 0 saturated heterocycles. The van der Waals surface area contributed by atoms with Crippen LogP contribution in [0, 0.1) is 5.82 Å². The second-order valence-electron chi connectivity index (χ2n) is 5.07. The lowest BCUT2D eigenvalue weighted by molar-refractivity contribution is 0.0945. The number of nitrogens with one attached hydrogen (secondary N) is 2. The van der Waals surface area contributed by atoms with E-state index in [-0.39, 0.29) is 17.4 Å². The van der Waals surface area contributed by atoms with Gasteiger partial charge in [0.1, 0.15) is 11.5 Å². The third-order valence-corrected chi connectivity index (χ3v) is 3.26. The van der Waals surface area contributed by atoms with Crippen LogP contribution >= 0.6 is 0 Å². The van der Waals surface area contributed by atoms with Gasteiger partial charge in [-0.1, -0.05) is 12.1 Å². The standard InChI is InChI=1S/C18H15FN4O/c19-13-4-3-6-14(10-13)23-15-7-9-21-17(11-15)18(24)22-12-16-5-1-2-8-20-16/h1-11H,12H2,(H,21,23)(H,22,24). The van der Waals surface area contributed by atoms with Gasteiger partial charge in [-0.2, -0.15) is 0 Å². The van der Waals surface area contributed by atoms with Gasteiger partial charge in [-0.05, 0) is 42.5 Å². The summed E-state index contributed by atoms with van der Waals surface area (Å²) in [5.41, 5.74) is 2.28. The Kier molecular flexibility index (Phi) is 4.76. The van der Waals surface area contributed by atoms with Crippen LogP contribution < -0.4 is 10.6 Å². The minimum atomic E-state index is -0.331. The molecule has 3 aromatic rings. The number of aromatic nitrogens is 2. The molecule has 2 N–H and O–H groups in total. The van der Waals surface area contributed by atoms with E-state index in [1.54, 1.807) is 30.5 Å². The van der Waals surface area contributed by atoms with Crippen LogP contribution in [0.25, 0.3) is 0 Å². The van der Waals surface area contributed by atoms with Gasteiger partial charge in [-0.25, -0.2) is 4.39 Å². The molecule has 0 aliphatic heterocycles. The summed E-state index contributed by atoms with van der Waals surface area (Å²) in [4.78, 5) is 20.4. The van der Waals surface area contributed by atoms with E-state index in [1.807, 2.05) is 18.2 Å². The number of hydrogen-bond donors (Lipinski definition) is 2. The average molecular weight is 322 g/mol. The predicted molar refractivity (Wildman–Crippen MR) is 89.3 cm³/mol. The van der Waals surface area contributed by atoms with Gasteiger partial charge in [0, 0.05) is 23.8 Å². The van der Waals surface area contributed by atoms with Crippen LogP contribution in [0.15, 0.2) is 67.0 Å². The number of benzene rings is 1. The van der Waals surface area contributed by atoms with Gasteiger partial charge in [0.2, 0.25) is 0 Å². The van der Waals surface area contributed by atoms with Crippen molar-refractivity contribution in [3.8, 4) is 0 Å². The maximum atomic E-state index is 13.2. The second kappa shape index (κ2) is 7.32. The molecule has 120 valence electrons. The van der Waals surface area contributed by atoms with Gasteiger partial charge >= 0.3 is 0 Å². The molecule has 2 aromatic heterocycles. The number of amides is 1. The molecule has 6 heteroatoms. The van der Waals surface area contributed by atoms with Crippen molar-refractivity contribution in [1.82, 2.24) is 15.3 Å². The van der Waals surface area contributed by atoms with Crippen molar-refractivity contribution < 1.29 is 9.18 Å². The number of halogens is 1. The van der Waals surface area contributed by atoms with E-state index in [2.05, 4.69) is 20.6 Å². The van der Waals surface area contributed by atoms with Crippen molar-refractivity contribution in [2.75, 3.05) is 5.32 Å². The summed E-state index contributed by atoms with van der Waals surface area (Å²) in [6, 6.07) is 14.9. The molecule has 1 amide bonds. The Bertz CT molecular complexity index is 839. The zero-order valence-corrected chi connectivity index (χ0v) is 12.7. The van der Waals surface area contributed by atoms with Crippen molar-refractivity contribution in [2.24, 2.45) is 0 Å². The maximum absolute atomic E-state index is 13.2. The Morgan fingerprint density at radius 1 is 0.958 bits per heavy atom. The fourth-order valence-corrected chi connectivity index (χ4v) is 2.13. The fourth-order valence-electron chi connectivity index (χ4n) is 2.13. The van der Waals surface area contributed by atoms with Crippen molar-refractivity contribution in [3.63, 3.8) is 0 Å². The molecule has 2 heterocycles. The van der Waals surface area contributed by atoms with E-state index in [0.29, 0.717) is 17.9 Å². The molecule has 0 spiro atoms. The number of rotatable bonds is 5. The number of carbonyl (C=O) groups excluding carboxylic acids is 1. The van der Waals surface area contributed by atoms with Gasteiger partial charge in [0.15, 0.2) is 0 Å². The molecule has 0 unspecified atom stereocenters. The summed E-state index contributed by atoms with van der Waals surface area (Å²) in [7, 11) is 0. The highest BCUT2D eigenvalue weighted by atomic mass is 19.1. The Hall–Kier alpha value is -3.28. The lowest BCUT2D eigenvalue weighted by Gasteiger charge is -2.08. The molecule has 5 nitrogen and oxygen atoms in total. The van der Waals surface area contributed by atoms with Gasteiger partial charge in [0.25, 0.3) is 5.91 Å². The van der Waals surface area contributed by atoms with Crippen LogP contribution in [0.1, 0.15) is 16.2 Å². The van der Waals surface area contributed by atoms with Crippen LogP contribution in [0.4, 0.5) is 15.8 Å². The van der Waals surface area contributed by atoms with Crippen LogP contribution in [0.3, 0.4) is 0 Å². The molecule has 0 fully saturated rings. The first-order chi connectivity index (χ1) is 11.7. The first kappa shape index (κ1) is 15.6. The maximum Gasteiger partial charge on any atom is 0.270 e. The largest absolute Gasteiger partial charge is 0.355 e.